The van der Waals surface area contributed by atoms with Crippen LogP contribution in [-0.2, 0) is 0 Å². The maximum Gasteiger partial charge on any atom is 0.0487 e. The predicted molar refractivity (Wildman–Crippen MR) is 50.1 cm³/mol. The highest BCUT2D eigenvalue weighted by Crippen LogP contribution is 2.77. The van der Waals surface area contributed by atoms with Gasteiger partial charge < -0.3 is 5.11 Å². The molecule has 0 heterocycles. The number of aliphatic hydroxyl groups is 1. The molecule has 0 aromatic heterocycles. The van der Waals surface area contributed by atoms with E-state index in [-0.39, 0.29) is 0 Å². The summed E-state index contributed by atoms with van der Waals surface area (Å²) < 4.78 is 0. The lowest BCUT2D eigenvalue weighted by molar-refractivity contribution is -0.158. The second-order valence-corrected chi connectivity index (χ2v) is 6.48. The van der Waals surface area contributed by atoms with Gasteiger partial charge in [0.25, 0.3) is 0 Å². The molecule has 0 aromatic rings. The molecule has 0 amide bonds. The van der Waals surface area contributed by atoms with Crippen LogP contribution in [0.3, 0.4) is 0 Å². The fourth-order valence-electron chi connectivity index (χ4n) is 5.82. The van der Waals surface area contributed by atoms with Crippen molar-refractivity contribution in [2.75, 3.05) is 6.61 Å². The fourth-order valence-corrected chi connectivity index (χ4v) is 5.82. The molecule has 4 unspecified atom stereocenters. The molecule has 5 fully saturated rings. The Labute approximate surface area is 79.5 Å². The van der Waals surface area contributed by atoms with Crippen LogP contribution in [0.1, 0.15) is 38.5 Å². The zero-order valence-corrected chi connectivity index (χ0v) is 8.13. The highest BCUT2D eigenvalue weighted by atomic mass is 16.3. The number of rotatable bonds is 1. The van der Waals surface area contributed by atoms with Crippen molar-refractivity contribution in [1.29, 1.82) is 0 Å². The van der Waals surface area contributed by atoms with E-state index in [9.17, 15) is 5.11 Å². The smallest absolute Gasteiger partial charge is 0.0487 e. The van der Waals surface area contributed by atoms with Gasteiger partial charge in [0.05, 0.1) is 0 Å². The maximum absolute atomic E-state index is 9.56. The largest absolute Gasteiger partial charge is 0.396 e. The molecule has 5 rings (SSSR count). The average Bonchev–Trinajstić information content (AvgIpc) is 2.26. The molecule has 0 radical (unpaired) electrons. The van der Waals surface area contributed by atoms with Crippen LogP contribution in [0.15, 0.2) is 0 Å². The first-order valence-electron chi connectivity index (χ1n) is 5.86. The van der Waals surface area contributed by atoms with Gasteiger partial charge in [-0.15, -0.1) is 0 Å². The number of aliphatic hydroxyl groups excluding tert-OH is 1. The minimum Gasteiger partial charge on any atom is -0.396 e. The lowest BCUT2D eigenvalue weighted by atomic mass is 9.41. The summed E-state index contributed by atoms with van der Waals surface area (Å²) in [6, 6.07) is 0. The summed E-state index contributed by atoms with van der Waals surface area (Å²) in [5, 5.41) is 9.56. The molecular formula is C12H18O. The molecule has 72 valence electrons. The molecule has 1 N–H and O–H groups in total. The highest BCUT2D eigenvalue weighted by molar-refractivity contribution is 5.18. The van der Waals surface area contributed by atoms with Gasteiger partial charge in [-0.2, -0.15) is 0 Å². The normalized spacial score (nSPS) is 66.7. The quantitative estimate of drug-likeness (QED) is 0.652. The van der Waals surface area contributed by atoms with Crippen molar-refractivity contribution < 1.29 is 5.11 Å². The average molecular weight is 178 g/mol. The van der Waals surface area contributed by atoms with Crippen molar-refractivity contribution in [3.05, 3.63) is 0 Å². The van der Waals surface area contributed by atoms with Gasteiger partial charge in [-0.1, -0.05) is 0 Å². The molecule has 5 aliphatic carbocycles. The molecule has 0 saturated heterocycles. The second-order valence-electron chi connectivity index (χ2n) is 6.48. The van der Waals surface area contributed by atoms with Crippen molar-refractivity contribution >= 4 is 0 Å². The highest BCUT2D eigenvalue weighted by Gasteiger charge is 2.69. The van der Waals surface area contributed by atoms with Crippen LogP contribution < -0.4 is 0 Å². The minimum atomic E-state index is 0.402. The summed E-state index contributed by atoms with van der Waals surface area (Å²) in [7, 11) is 0. The minimum absolute atomic E-state index is 0.402. The zero-order valence-electron chi connectivity index (χ0n) is 8.13. The van der Waals surface area contributed by atoms with Crippen LogP contribution in [0.4, 0.5) is 0 Å². The molecule has 5 saturated carbocycles. The lowest BCUT2D eigenvalue weighted by Crippen LogP contribution is -2.56. The van der Waals surface area contributed by atoms with Crippen LogP contribution in [0.25, 0.3) is 0 Å². The molecule has 1 spiro atoms. The standard InChI is InChI=1S/C12H18O/c13-7-11-2-8-1-10-9(4-11)5-12(10,3-8)6-11/h8-10,13H,1-7H2/t8?,9-,10?,11?,12?/m0/s1. The summed E-state index contributed by atoms with van der Waals surface area (Å²) in [5.41, 5.74) is 1.16. The van der Waals surface area contributed by atoms with E-state index in [4.69, 9.17) is 0 Å². The van der Waals surface area contributed by atoms with Crippen molar-refractivity contribution in [3.8, 4) is 0 Å². The molecule has 13 heavy (non-hydrogen) atoms. The predicted octanol–water partition coefficient (Wildman–Crippen LogP) is 2.20. The van der Waals surface area contributed by atoms with Crippen molar-refractivity contribution in [3.63, 3.8) is 0 Å². The van der Waals surface area contributed by atoms with E-state index in [0.29, 0.717) is 12.0 Å². The Morgan fingerprint density at radius 3 is 2.92 bits per heavy atom. The summed E-state index contributed by atoms with van der Waals surface area (Å²) >= 11 is 0. The number of hydrogen-bond acceptors (Lipinski definition) is 1. The first kappa shape index (κ1) is 7.28. The van der Waals surface area contributed by atoms with Gasteiger partial charge in [0.1, 0.15) is 0 Å². The molecule has 1 heteroatoms. The van der Waals surface area contributed by atoms with Crippen molar-refractivity contribution in [2.24, 2.45) is 28.6 Å². The molecule has 5 atom stereocenters. The lowest BCUT2D eigenvalue weighted by Gasteiger charge is -2.64. The summed E-state index contributed by atoms with van der Waals surface area (Å²) in [6.07, 6.45) is 8.68. The number of hydrogen-bond donors (Lipinski definition) is 1. The van der Waals surface area contributed by atoms with Crippen molar-refractivity contribution in [2.45, 2.75) is 38.5 Å². The van der Waals surface area contributed by atoms with Gasteiger partial charge in [-0.3, -0.25) is 0 Å². The third kappa shape index (κ3) is 0.643. The van der Waals surface area contributed by atoms with Crippen LogP contribution in [0.5, 0.6) is 0 Å². The second kappa shape index (κ2) is 1.84. The van der Waals surface area contributed by atoms with Crippen LogP contribution in [0, 0.1) is 28.6 Å². The van der Waals surface area contributed by atoms with Gasteiger partial charge in [-0.25, -0.2) is 0 Å². The maximum atomic E-state index is 9.56. The molecule has 4 bridgehead atoms. The Bertz CT molecular complexity index is 268. The van der Waals surface area contributed by atoms with E-state index in [1.54, 1.807) is 0 Å². The van der Waals surface area contributed by atoms with E-state index in [1.807, 2.05) is 0 Å². The Hall–Kier alpha value is -0.0400. The fraction of sp³-hybridized carbons (Fsp3) is 1.00. The molecule has 0 aliphatic heterocycles. The van der Waals surface area contributed by atoms with E-state index >= 15 is 0 Å². The SMILES string of the molecule is OCC12CC3CC4[C@@H](C1)CC4(C3)C2. The van der Waals surface area contributed by atoms with Gasteiger partial charge in [0.15, 0.2) is 0 Å². The van der Waals surface area contributed by atoms with E-state index in [1.165, 1.54) is 38.5 Å². The third-order valence-electron chi connectivity index (χ3n) is 5.79. The Morgan fingerprint density at radius 1 is 1.15 bits per heavy atom. The van der Waals surface area contributed by atoms with E-state index in [0.717, 1.165) is 23.2 Å². The molecule has 0 aromatic carbocycles. The first-order chi connectivity index (χ1) is 6.25. The Kier molecular flexibility index (Phi) is 1.03. The Balaban J connectivity index is 1.82. The van der Waals surface area contributed by atoms with Gasteiger partial charge in [-0.05, 0) is 67.1 Å². The van der Waals surface area contributed by atoms with Gasteiger partial charge in [0.2, 0.25) is 0 Å². The third-order valence-corrected chi connectivity index (χ3v) is 5.79. The van der Waals surface area contributed by atoms with Crippen molar-refractivity contribution in [1.82, 2.24) is 0 Å². The van der Waals surface area contributed by atoms with Crippen LogP contribution in [0.2, 0.25) is 0 Å². The first-order valence-corrected chi connectivity index (χ1v) is 5.86. The monoisotopic (exact) mass is 178 g/mol. The summed E-state index contributed by atoms with van der Waals surface area (Å²) in [5.74, 6) is 3.12. The van der Waals surface area contributed by atoms with Gasteiger partial charge in [0, 0.05) is 6.61 Å². The molecule has 5 aliphatic rings. The summed E-state index contributed by atoms with van der Waals surface area (Å²) in [4.78, 5) is 0. The van der Waals surface area contributed by atoms with Gasteiger partial charge >= 0.3 is 0 Å². The van der Waals surface area contributed by atoms with Crippen LogP contribution >= 0.6 is 0 Å². The van der Waals surface area contributed by atoms with E-state index in [2.05, 4.69) is 0 Å². The topological polar surface area (TPSA) is 20.2 Å². The van der Waals surface area contributed by atoms with Crippen LogP contribution in [-0.4, -0.2) is 11.7 Å². The Morgan fingerprint density at radius 2 is 2.08 bits per heavy atom. The summed E-state index contributed by atoms with van der Waals surface area (Å²) in [6.45, 7) is 0.481. The number of fused-ring (bicyclic) bond motifs is 1. The molecule has 1 nitrogen and oxygen atoms in total. The molecular weight excluding hydrogens is 160 g/mol. The van der Waals surface area contributed by atoms with E-state index < -0.39 is 0 Å². The zero-order chi connectivity index (χ0) is 8.68.